The zero-order chi connectivity index (χ0) is 14.9. The molecule has 0 saturated heterocycles. The van der Waals surface area contributed by atoms with Crippen LogP contribution in [-0.2, 0) is 0 Å². The smallest absolute Gasteiger partial charge is 0.255 e. The maximum atomic E-state index is 13.3. The summed E-state index contributed by atoms with van der Waals surface area (Å²) in [4.78, 5) is 11.9. The maximum Gasteiger partial charge on any atom is 0.255 e. The van der Waals surface area contributed by atoms with Crippen LogP contribution in [0.2, 0.25) is 5.02 Å². The van der Waals surface area contributed by atoms with Crippen molar-refractivity contribution in [3.8, 4) is 0 Å². The van der Waals surface area contributed by atoms with Crippen LogP contribution in [0, 0.1) is 15.2 Å². The highest BCUT2D eigenvalue weighted by Gasteiger charge is 2.14. The molecule has 0 aromatic heterocycles. The Bertz CT molecular complexity index is 671. The van der Waals surface area contributed by atoms with Crippen molar-refractivity contribution < 1.29 is 13.6 Å². The second-order valence-corrected chi connectivity index (χ2v) is 5.53. The normalized spacial score (nSPS) is 10.4. The molecule has 0 saturated carbocycles. The van der Waals surface area contributed by atoms with Crippen LogP contribution in [0.15, 0.2) is 30.3 Å². The average molecular weight is 409 g/mol. The van der Waals surface area contributed by atoms with Crippen LogP contribution in [0.3, 0.4) is 0 Å². The maximum absolute atomic E-state index is 13.3. The molecular formula is C13H8ClF2IN2O. The SMILES string of the molecule is Nc1c(F)cc(C(=O)Nc2ccc(Cl)cc2I)cc1F. The van der Waals surface area contributed by atoms with Gasteiger partial charge in [-0.1, -0.05) is 11.6 Å². The van der Waals surface area contributed by atoms with Crippen LogP contribution in [0.1, 0.15) is 10.4 Å². The van der Waals surface area contributed by atoms with E-state index in [1.54, 1.807) is 18.2 Å². The number of halogens is 4. The summed E-state index contributed by atoms with van der Waals surface area (Å²) in [5.74, 6) is -2.58. The van der Waals surface area contributed by atoms with Gasteiger partial charge in [0.25, 0.3) is 5.91 Å². The van der Waals surface area contributed by atoms with Gasteiger partial charge in [0.1, 0.15) is 17.3 Å². The van der Waals surface area contributed by atoms with Crippen molar-refractivity contribution in [1.29, 1.82) is 0 Å². The van der Waals surface area contributed by atoms with E-state index < -0.39 is 23.2 Å². The van der Waals surface area contributed by atoms with Gasteiger partial charge in [-0.2, -0.15) is 0 Å². The molecule has 3 nitrogen and oxygen atoms in total. The number of anilines is 2. The Morgan fingerprint density at radius 2 is 1.80 bits per heavy atom. The van der Waals surface area contributed by atoms with Crippen LogP contribution >= 0.6 is 34.2 Å². The summed E-state index contributed by atoms with van der Waals surface area (Å²) in [5, 5.41) is 3.07. The van der Waals surface area contributed by atoms with Crippen LogP contribution < -0.4 is 11.1 Å². The Labute approximate surface area is 132 Å². The molecule has 0 aliphatic rings. The molecule has 0 fully saturated rings. The number of hydrogen-bond donors (Lipinski definition) is 2. The zero-order valence-corrected chi connectivity index (χ0v) is 12.8. The molecule has 2 aromatic carbocycles. The molecule has 104 valence electrons. The monoisotopic (exact) mass is 408 g/mol. The van der Waals surface area contributed by atoms with E-state index in [4.69, 9.17) is 17.3 Å². The number of benzene rings is 2. The molecule has 0 atom stereocenters. The highest BCUT2D eigenvalue weighted by atomic mass is 127. The summed E-state index contributed by atoms with van der Waals surface area (Å²) in [7, 11) is 0. The van der Waals surface area contributed by atoms with Crippen LogP contribution in [-0.4, -0.2) is 5.91 Å². The quantitative estimate of drug-likeness (QED) is 0.582. The van der Waals surface area contributed by atoms with E-state index in [9.17, 15) is 13.6 Å². The topological polar surface area (TPSA) is 55.1 Å². The summed E-state index contributed by atoms with van der Waals surface area (Å²) in [6.45, 7) is 0. The van der Waals surface area contributed by atoms with Crippen molar-refractivity contribution in [2.45, 2.75) is 0 Å². The molecule has 3 N–H and O–H groups in total. The molecule has 2 rings (SSSR count). The van der Waals surface area contributed by atoms with Gasteiger partial charge >= 0.3 is 0 Å². The fourth-order valence-electron chi connectivity index (χ4n) is 1.50. The standard InChI is InChI=1S/C13H8ClF2IN2O/c14-7-1-2-11(10(17)5-7)19-13(20)6-3-8(15)12(18)9(16)4-6/h1-5H,18H2,(H,19,20). The summed E-state index contributed by atoms with van der Waals surface area (Å²) in [6.07, 6.45) is 0. The fourth-order valence-corrected chi connectivity index (χ4v) is 2.51. The molecule has 0 spiro atoms. The predicted octanol–water partition coefficient (Wildman–Crippen LogP) is 4.06. The van der Waals surface area contributed by atoms with Crippen molar-refractivity contribution in [3.63, 3.8) is 0 Å². The van der Waals surface area contributed by atoms with Crippen molar-refractivity contribution in [2.75, 3.05) is 11.1 Å². The summed E-state index contributed by atoms with van der Waals surface area (Å²) in [5.41, 5.74) is 4.88. The Balaban J connectivity index is 2.28. The number of nitrogen functional groups attached to an aromatic ring is 1. The van der Waals surface area contributed by atoms with E-state index in [0.717, 1.165) is 12.1 Å². The lowest BCUT2D eigenvalue weighted by atomic mass is 10.1. The van der Waals surface area contributed by atoms with Crippen LogP contribution in [0.25, 0.3) is 0 Å². The Hall–Kier alpha value is -1.41. The Kier molecular flexibility index (Phi) is 4.44. The molecule has 7 heteroatoms. The number of hydrogen-bond acceptors (Lipinski definition) is 2. The first kappa shape index (κ1) is 15.0. The largest absolute Gasteiger partial charge is 0.394 e. The molecule has 1 amide bonds. The molecule has 0 unspecified atom stereocenters. The molecule has 0 aliphatic heterocycles. The first-order valence-corrected chi connectivity index (χ1v) is 6.85. The Morgan fingerprint density at radius 1 is 1.20 bits per heavy atom. The van der Waals surface area contributed by atoms with Gasteiger partial charge in [-0.15, -0.1) is 0 Å². The van der Waals surface area contributed by atoms with Gasteiger partial charge in [0.2, 0.25) is 0 Å². The van der Waals surface area contributed by atoms with E-state index in [-0.39, 0.29) is 5.56 Å². The predicted molar refractivity (Wildman–Crippen MR) is 82.9 cm³/mol. The number of carbonyl (C=O) groups excluding carboxylic acids is 1. The minimum Gasteiger partial charge on any atom is -0.394 e. The van der Waals surface area contributed by atoms with Crippen LogP contribution in [0.4, 0.5) is 20.2 Å². The van der Waals surface area contributed by atoms with E-state index in [1.165, 1.54) is 0 Å². The van der Waals surface area contributed by atoms with Crippen molar-refractivity contribution in [3.05, 3.63) is 56.1 Å². The van der Waals surface area contributed by atoms with Crippen LogP contribution in [0.5, 0.6) is 0 Å². The van der Waals surface area contributed by atoms with Gasteiger partial charge in [0.15, 0.2) is 0 Å². The van der Waals surface area contributed by atoms with E-state index >= 15 is 0 Å². The lowest BCUT2D eigenvalue weighted by Crippen LogP contribution is -2.14. The molecule has 2 aromatic rings. The fraction of sp³-hybridized carbons (Fsp3) is 0. The second-order valence-electron chi connectivity index (χ2n) is 3.93. The number of rotatable bonds is 2. The number of amides is 1. The highest BCUT2D eigenvalue weighted by molar-refractivity contribution is 14.1. The minimum atomic E-state index is -0.971. The lowest BCUT2D eigenvalue weighted by Gasteiger charge is -2.09. The number of carbonyl (C=O) groups is 1. The van der Waals surface area contributed by atoms with Crippen molar-refractivity contribution in [1.82, 2.24) is 0 Å². The van der Waals surface area contributed by atoms with Gasteiger partial charge in [0.05, 0.1) is 5.69 Å². The summed E-state index contributed by atoms with van der Waals surface area (Å²) >= 11 is 7.79. The third kappa shape index (κ3) is 3.18. The van der Waals surface area contributed by atoms with Crippen molar-refractivity contribution >= 4 is 51.5 Å². The van der Waals surface area contributed by atoms with E-state index in [2.05, 4.69) is 5.32 Å². The minimum absolute atomic E-state index is 0.153. The molecule has 0 bridgehead atoms. The second kappa shape index (κ2) is 5.92. The highest BCUT2D eigenvalue weighted by Crippen LogP contribution is 2.23. The lowest BCUT2D eigenvalue weighted by molar-refractivity contribution is 0.102. The van der Waals surface area contributed by atoms with Gasteiger partial charge in [-0.05, 0) is 52.9 Å². The van der Waals surface area contributed by atoms with Gasteiger partial charge in [0, 0.05) is 14.2 Å². The first-order chi connectivity index (χ1) is 9.38. The Morgan fingerprint density at radius 3 is 2.35 bits per heavy atom. The van der Waals surface area contributed by atoms with E-state index in [1.807, 2.05) is 22.6 Å². The molecule has 0 radical (unpaired) electrons. The van der Waals surface area contributed by atoms with Gasteiger partial charge in [-0.25, -0.2) is 8.78 Å². The molecule has 0 heterocycles. The van der Waals surface area contributed by atoms with Gasteiger partial charge < -0.3 is 11.1 Å². The molecule has 0 aliphatic carbocycles. The summed E-state index contributed by atoms with van der Waals surface area (Å²) in [6, 6.07) is 6.63. The summed E-state index contributed by atoms with van der Waals surface area (Å²) < 4.78 is 27.3. The van der Waals surface area contributed by atoms with Crippen molar-refractivity contribution in [2.24, 2.45) is 0 Å². The number of nitrogens with two attached hydrogens (primary N) is 1. The number of nitrogens with one attached hydrogen (secondary N) is 1. The average Bonchev–Trinajstić information content (AvgIpc) is 2.38. The third-order valence-corrected chi connectivity index (χ3v) is 3.65. The molecule has 20 heavy (non-hydrogen) atoms. The third-order valence-electron chi connectivity index (χ3n) is 2.52. The zero-order valence-electron chi connectivity index (χ0n) is 9.88. The first-order valence-electron chi connectivity index (χ1n) is 5.39. The van der Waals surface area contributed by atoms with Gasteiger partial charge in [-0.3, -0.25) is 4.79 Å². The molecular weight excluding hydrogens is 401 g/mol. The van der Waals surface area contributed by atoms with E-state index in [0.29, 0.717) is 14.3 Å².